The Bertz CT molecular complexity index is 363. The zero-order chi connectivity index (χ0) is 15.0. The number of hydrogen-bond acceptors (Lipinski definition) is 3. The molecule has 0 aromatic carbocycles. The summed E-state index contributed by atoms with van der Waals surface area (Å²) in [5.74, 6) is 1.96. The molecule has 0 aromatic rings. The van der Waals surface area contributed by atoms with Crippen molar-refractivity contribution in [3.63, 3.8) is 0 Å². The number of nitrogens with two attached hydrogens (primary N) is 1. The smallest absolute Gasteiger partial charge is 0.223 e. The van der Waals surface area contributed by atoms with Crippen molar-refractivity contribution in [2.75, 3.05) is 12.3 Å². The Morgan fingerprint density at radius 1 is 1.35 bits per heavy atom. The summed E-state index contributed by atoms with van der Waals surface area (Å²) in [5.41, 5.74) is 6.17. The van der Waals surface area contributed by atoms with Crippen LogP contribution in [0.5, 0.6) is 0 Å². The molecule has 1 saturated heterocycles. The summed E-state index contributed by atoms with van der Waals surface area (Å²) >= 11 is 2.00. The molecule has 2 rings (SSSR count). The first kappa shape index (κ1) is 16.2. The summed E-state index contributed by atoms with van der Waals surface area (Å²) < 4.78 is 0.247. The molecule has 2 fully saturated rings. The molecule has 1 aliphatic heterocycles. The standard InChI is InChI=1S/C16H30N2OS/c1-11-13(17)7-6-12(15(11,2)3)14(19)18-10-16(4)8-5-9-20-16/h11-13H,5-10,17H2,1-4H3,(H,18,19). The molecule has 0 aromatic heterocycles. The molecule has 1 heterocycles. The normalized spacial score (nSPS) is 40.5. The maximum atomic E-state index is 12.6. The van der Waals surface area contributed by atoms with E-state index in [0.29, 0.717) is 5.92 Å². The van der Waals surface area contributed by atoms with Crippen LogP contribution in [0.2, 0.25) is 0 Å². The van der Waals surface area contributed by atoms with Gasteiger partial charge >= 0.3 is 0 Å². The number of carbonyl (C=O) groups is 1. The lowest BCUT2D eigenvalue weighted by atomic mass is 9.61. The average Bonchev–Trinajstić information content (AvgIpc) is 2.81. The molecule has 2 aliphatic rings. The van der Waals surface area contributed by atoms with Crippen molar-refractivity contribution >= 4 is 17.7 Å². The van der Waals surface area contributed by atoms with E-state index in [1.807, 2.05) is 11.8 Å². The number of thioether (sulfide) groups is 1. The van der Waals surface area contributed by atoms with E-state index in [1.165, 1.54) is 18.6 Å². The first-order valence-electron chi connectivity index (χ1n) is 7.93. The molecule has 4 atom stereocenters. The van der Waals surface area contributed by atoms with Gasteiger partial charge in [0.2, 0.25) is 5.91 Å². The number of amides is 1. The van der Waals surface area contributed by atoms with Gasteiger partial charge in [0.15, 0.2) is 0 Å². The predicted molar refractivity (Wildman–Crippen MR) is 86.8 cm³/mol. The van der Waals surface area contributed by atoms with Crippen molar-refractivity contribution < 1.29 is 4.79 Å². The summed E-state index contributed by atoms with van der Waals surface area (Å²) in [5, 5.41) is 3.23. The zero-order valence-corrected chi connectivity index (χ0v) is 14.2. The van der Waals surface area contributed by atoms with Gasteiger partial charge in [-0.1, -0.05) is 20.8 Å². The first-order valence-corrected chi connectivity index (χ1v) is 8.92. The van der Waals surface area contributed by atoms with Crippen LogP contribution >= 0.6 is 11.8 Å². The topological polar surface area (TPSA) is 55.1 Å². The Morgan fingerprint density at radius 3 is 2.65 bits per heavy atom. The monoisotopic (exact) mass is 298 g/mol. The SMILES string of the molecule is CC1C(N)CCC(C(=O)NCC2(C)CCCS2)C1(C)C. The lowest BCUT2D eigenvalue weighted by Gasteiger charge is -2.46. The maximum Gasteiger partial charge on any atom is 0.223 e. The Kier molecular flexibility index (Phi) is 4.75. The van der Waals surface area contributed by atoms with E-state index in [9.17, 15) is 4.79 Å². The minimum atomic E-state index is -0.00846. The molecule has 4 unspecified atom stereocenters. The van der Waals surface area contributed by atoms with E-state index in [4.69, 9.17) is 5.73 Å². The second kappa shape index (κ2) is 5.88. The van der Waals surface area contributed by atoms with Gasteiger partial charge in [0.25, 0.3) is 0 Å². The van der Waals surface area contributed by atoms with Gasteiger partial charge in [-0.3, -0.25) is 4.79 Å². The van der Waals surface area contributed by atoms with Crippen LogP contribution in [-0.2, 0) is 4.79 Å². The summed E-state index contributed by atoms with van der Waals surface area (Å²) in [6.07, 6.45) is 4.38. The van der Waals surface area contributed by atoms with E-state index in [1.54, 1.807) is 0 Å². The highest BCUT2D eigenvalue weighted by Crippen LogP contribution is 2.44. The van der Waals surface area contributed by atoms with E-state index in [0.717, 1.165) is 19.4 Å². The van der Waals surface area contributed by atoms with Crippen LogP contribution in [0, 0.1) is 17.3 Å². The third kappa shape index (κ3) is 3.16. The fraction of sp³-hybridized carbons (Fsp3) is 0.938. The summed E-state index contributed by atoms with van der Waals surface area (Å²) in [7, 11) is 0. The predicted octanol–water partition coefficient (Wildman–Crippen LogP) is 2.79. The lowest BCUT2D eigenvalue weighted by Crippen LogP contribution is -2.52. The third-order valence-corrected chi connectivity index (χ3v) is 7.29. The van der Waals surface area contributed by atoms with E-state index >= 15 is 0 Å². The van der Waals surface area contributed by atoms with Crippen LogP contribution < -0.4 is 11.1 Å². The highest BCUT2D eigenvalue weighted by atomic mass is 32.2. The Morgan fingerprint density at radius 2 is 2.05 bits per heavy atom. The molecule has 3 nitrogen and oxygen atoms in total. The maximum absolute atomic E-state index is 12.6. The average molecular weight is 298 g/mol. The molecule has 1 amide bonds. The number of carbonyl (C=O) groups excluding carboxylic acids is 1. The van der Waals surface area contributed by atoms with Crippen LogP contribution in [0.25, 0.3) is 0 Å². The molecular formula is C16H30N2OS. The van der Waals surface area contributed by atoms with Gasteiger partial charge in [-0.05, 0) is 49.7 Å². The Labute approximate surface area is 127 Å². The quantitative estimate of drug-likeness (QED) is 0.842. The van der Waals surface area contributed by atoms with Crippen molar-refractivity contribution in [2.24, 2.45) is 23.0 Å². The number of rotatable bonds is 3. The molecule has 20 heavy (non-hydrogen) atoms. The molecule has 0 bridgehead atoms. The van der Waals surface area contributed by atoms with Gasteiger partial charge in [0.1, 0.15) is 0 Å². The molecule has 3 N–H and O–H groups in total. The summed E-state index contributed by atoms with van der Waals surface area (Å²) in [4.78, 5) is 12.6. The fourth-order valence-electron chi connectivity index (χ4n) is 3.69. The highest BCUT2D eigenvalue weighted by molar-refractivity contribution is 8.00. The van der Waals surface area contributed by atoms with Gasteiger partial charge < -0.3 is 11.1 Å². The zero-order valence-electron chi connectivity index (χ0n) is 13.4. The molecule has 0 spiro atoms. The minimum Gasteiger partial charge on any atom is -0.354 e. The molecule has 116 valence electrons. The fourth-order valence-corrected chi connectivity index (χ4v) is 4.94. The van der Waals surface area contributed by atoms with Crippen molar-refractivity contribution in [1.29, 1.82) is 0 Å². The molecule has 4 heteroatoms. The van der Waals surface area contributed by atoms with Crippen LogP contribution in [0.1, 0.15) is 53.4 Å². The number of hydrogen-bond donors (Lipinski definition) is 2. The van der Waals surface area contributed by atoms with Crippen molar-refractivity contribution in [1.82, 2.24) is 5.32 Å². The second-order valence-electron chi connectivity index (χ2n) is 7.52. The van der Waals surface area contributed by atoms with Crippen LogP contribution in [0.3, 0.4) is 0 Å². The van der Waals surface area contributed by atoms with Crippen LogP contribution in [0.4, 0.5) is 0 Å². The van der Waals surface area contributed by atoms with Crippen molar-refractivity contribution in [3.8, 4) is 0 Å². The molecular weight excluding hydrogens is 268 g/mol. The van der Waals surface area contributed by atoms with E-state index in [2.05, 4.69) is 33.0 Å². The second-order valence-corrected chi connectivity index (χ2v) is 9.21. The van der Waals surface area contributed by atoms with Gasteiger partial charge in [-0.2, -0.15) is 11.8 Å². The largest absolute Gasteiger partial charge is 0.354 e. The first-order chi connectivity index (χ1) is 9.26. The van der Waals surface area contributed by atoms with E-state index in [-0.39, 0.29) is 28.0 Å². The van der Waals surface area contributed by atoms with Gasteiger partial charge in [-0.15, -0.1) is 0 Å². The van der Waals surface area contributed by atoms with Crippen molar-refractivity contribution in [2.45, 2.75) is 64.2 Å². The van der Waals surface area contributed by atoms with Gasteiger partial charge in [0, 0.05) is 23.3 Å². The Balaban J connectivity index is 1.95. The molecule has 1 saturated carbocycles. The van der Waals surface area contributed by atoms with Crippen molar-refractivity contribution in [3.05, 3.63) is 0 Å². The lowest BCUT2D eigenvalue weighted by molar-refractivity contribution is -0.132. The highest BCUT2D eigenvalue weighted by Gasteiger charge is 2.45. The van der Waals surface area contributed by atoms with E-state index < -0.39 is 0 Å². The van der Waals surface area contributed by atoms with Gasteiger partial charge in [0.05, 0.1) is 0 Å². The van der Waals surface area contributed by atoms with Crippen LogP contribution in [-0.4, -0.2) is 29.0 Å². The van der Waals surface area contributed by atoms with Gasteiger partial charge in [-0.25, -0.2) is 0 Å². The summed E-state index contributed by atoms with van der Waals surface area (Å²) in [6.45, 7) is 9.68. The number of nitrogens with one attached hydrogen (secondary N) is 1. The molecule has 1 aliphatic carbocycles. The Hall–Kier alpha value is -0.220. The van der Waals surface area contributed by atoms with Crippen LogP contribution in [0.15, 0.2) is 0 Å². The minimum absolute atomic E-state index is 0.00846. The third-order valence-electron chi connectivity index (χ3n) is 5.76. The summed E-state index contributed by atoms with van der Waals surface area (Å²) in [6, 6.07) is 0.233. The molecule has 0 radical (unpaired) electrons.